The molecule has 0 fully saturated rings. The van der Waals surface area contributed by atoms with E-state index in [1.54, 1.807) is 11.5 Å². The van der Waals surface area contributed by atoms with Gasteiger partial charge in [-0.15, -0.1) is 11.3 Å². The van der Waals surface area contributed by atoms with Gasteiger partial charge in [0.1, 0.15) is 10.4 Å². The van der Waals surface area contributed by atoms with Crippen molar-refractivity contribution in [2.75, 3.05) is 5.75 Å². The number of thiophene rings is 1. The Morgan fingerprint density at radius 1 is 1.33 bits per heavy atom. The number of benzene rings is 1. The molecule has 0 unspecified atom stereocenters. The van der Waals surface area contributed by atoms with Crippen molar-refractivity contribution in [1.82, 2.24) is 14.9 Å². The molecule has 0 spiro atoms. The van der Waals surface area contributed by atoms with Crippen molar-refractivity contribution < 1.29 is 4.79 Å². The first-order valence-corrected chi connectivity index (χ1v) is 11.4. The van der Waals surface area contributed by atoms with Gasteiger partial charge in [0.15, 0.2) is 5.16 Å². The quantitative estimate of drug-likeness (QED) is 0.458. The molecule has 6 nitrogen and oxygen atoms in total. The molecule has 156 valence electrons. The predicted molar refractivity (Wildman–Crippen MR) is 122 cm³/mol. The van der Waals surface area contributed by atoms with E-state index in [9.17, 15) is 14.9 Å². The normalized spacial score (nSPS) is 13.2. The summed E-state index contributed by atoms with van der Waals surface area (Å²) >= 11 is 2.68. The highest BCUT2D eigenvalue weighted by molar-refractivity contribution is 7.99. The zero-order valence-electron chi connectivity index (χ0n) is 17.6. The predicted octanol–water partition coefficient (Wildman–Crippen LogP) is 4.21. The van der Waals surface area contributed by atoms with Crippen LogP contribution in [0.1, 0.15) is 31.2 Å². The molecule has 0 bridgehead atoms. The van der Waals surface area contributed by atoms with Crippen LogP contribution in [0.5, 0.6) is 0 Å². The maximum absolute atomic E-state index is 13.4. The monoisotopic (exact) mass is 440 g/mol. The van der Waals surface area contributed by atoms with Crippen LogP contribution in [0.25, 0.3) is 15.9 Å². The summed E-state index contributed by atoms with van der Waals surface area (Å²) in [5, 5.41) is 13.3. The average Bonchev–Trinajstić information content (AvgIpc) is 3.00. The third kappa shape index (κ3) is 4.13. The topological polar surface area (TPSA) is 87.8 Å². The minimum absolute atomic E-state index is 0.0366. The number of hydrogen-bond donors (Lipinski definition) is 1. The lowest BCUT2D eigenvalue weighted by Crippen LogP contribution is -2.49. The standard InChI is InChI=1S/C22H24N4O2S2/c1-13(2)22(5,12-23)25-17(27)11-29-21-24-19-18(14(3)15(4)30-19)20(28)26(21)16-9-7-6-8-10-16/h6-10,13H,11H2,1-5H3,(H,25,27)/t22-/m1/s1. The lowest BCUT2D eigenvalue weighted by atomic mass is 9.90. The van der Waals surface area contributed by atoms with Crippen LogP contribution in [-0.2, 0) is 4.79 Å². The highest BCUT2D eigenvalue weighted by atomic mass is 32.2. The van der Waals surface area contributed by atoms with Crippen LogP contribution in [0, 0.1) is 31.1 Å². The Labute approximate surface area is 183 Å². The van der Waals surface area contributed by atoms with Gasteiger partial charge in [-0.3, -0.25) is 14.2 Å². The second kappa shape index (κ2) is 8.62. The van der Waals surface area contributed by atoms with Crippen molar-refractivity contribution in [1.29, 1.82) is 5.26 Å². The van der Waals surface area contributed by atoms with Crippen LogP contribution in [-0.4, -0.2) is 26.8 Å². The number of carbonyl (C=O) groups excluding carboxylic acids is 1. The fourth-order valence-corrected chi connectivity index (χ4v) is 4.82. The molecule has 2 aromatic heterocycles. The first-order chi connectivity index (χ1) is 14.2. The molecule has 0 aliphatic heterocycles. The number of carbonyl (C=O) groups is 1. The molecule has 2 heterocycles. The van der Waals surface area contributed by atoms with Crippen molar-refractivity contribution in [3.05, 3.63) is 51.1 Å². The van der Waals surface area contributed by atoms with Gasteiger partial charge >= 0.3 is 0 Å². The first kappa shape index (κ1) is 22.1. The maximum atomic E-state index is 13.4. The first-order valence-electron chi connectivity index (χ1n) is 9.61. The Bertz CT molecular complexity index is 1190. The van der Waals surface area contributed by atoms with E-state index in [4.69, 9.17) is 4.98 Å². The number of nitriles is 1. The molecule has 0 aliphatic carbocycles. The Morgan fingerprint density at radius 3 is 2.60 bits per heavy atom. The number of para-hydroxylation sites is 1. The van der Waals surface area contributed by atoms with Gasteiger partial charge in [-0.2, -0.15) is 5.26 Å². The maximum Gasteiger partial charge on any atom is 0.267 e. The van der Waals surface area contributed by atoms with Crippen molar-refractivity contribution in [3.8, 4) is 11.8 Å². The Kier molecular flexibility index (Phi) is 6.34. The van der Waals surface area contributed by atoms with Crippen LogP contribution < -0.4 is 10.9 Å². The summed E-state index contributed by atoms with van der Waals surface area (Å²) in [4.78, 5) is 32.4. The summed E-state index contributed by atoms with van der Waals surface area (Å²) in [6.07, 6.45) is 0. The van der Waals surface area contributed by atoms with E-state index >= 15 is 0 Å². The summed E-state index contributed by atoms with van der Waals surface area (Å²) in [5.74, 6) is -0.256. The van der Waals surface area contributed by atoms with E-state index in [1.165, 1.54) is 23.1 Å². The highest BCUT2D eigenvalue weighted by Gasteiger charge is 2.30. The van der Waals surface area contributed by atoms with Crippen LogP contribution in [0.3, 0.4) is 0 Å². The van der Waals surface area contributed by atoms with E-state index < -0.39 is 5.54 Å². The van der Waals surface area contributed by atoms with E-state index in [1.807, 2.05) is 58.0 Å². The van der Waals surface area contributed by atoms with Crippen molar-refractivity contribution in [2.45, 2.75) is 45.3 Å². The van der Waals surface area contributed by atoms with E-state index in [-0.39, 0.29) is 23.1 Å². The van der Waals surface area contributed by atoms with E-state index in [0.717, 1.165) is 10.4 Å². The lowest BCUT2D eigenvalue weighted by Gasteiger charge is -2.27. The average molecular weight is 441 g/mol. The zero-order valence-corrected chi connectivity index (χ0v) is 19.3. The van der Waals surface area contributed by atoms with Gasteiger partial charge in [0.2, 0.25) is 5.91 Å². The summed E-state index contributed by atoms with van der Waals surface area (Å²) < 4.78 is 1.56. The van der Waals surface area contributed by atoms with Gasteiger partial charge in [-0.05, 0) is 44.4 Å². The van der Waals surface area contributed by atoms with Crippen molar-refractivity contribution >= 4 is 39.2 Å². The third-order valence-electron chi connectivity index (χ3n) is 5.30. The molecule has 30 heavy (non-hydrogen) atoms. The van der Waals surface area contributed by atoms with Gasteiger partial charge in [0.05, 0.1) is 22.9 Å². The molecule has 1 aromatic carbocycles. The van der Waals surface area contributed by atoms with Gasteiger partial charge < -0.3 is 5.32 Å². The number of aromatic nitrogens is 2. The smallest absolute Gasteiger partial charge is 0.267 e. The molecule has 0 radical (unpaired) electrons. The van der Waals surface area contributed by atoms with E-state index in [0.29, 0.717) is 21.1 Å². The van der Waals surface area contributed by atoms with E-state index in [2.05, 4.69) is 11.4 Å². The van der Waals surface area contributed by atoms with Crippen LogP contribution in [0.4, 0.5) is 0 Å². The molecule has 0 saturated heterocycles. The number of thioether (sulfide) groups is 1. The Balaban J connectivity index is 2.00. The number of nitrogens with zero attached hydrogens (tertiary/aromatic N) is 3. The van der Waals surface area contributed by atoms with Crippen LogP contribution >= 0.6 is 23.1 Å². The highest BCUT2D eigenvalue weighted by Crippen LogP contribution is 2.29. The van der Waals surface area contributed by atoms with Gasteiger partial charge in [-0.1, -0.05) is 43.8 Å². The number of nitrogens with one attached hydrogen (secondary N) is 1. The van der Waals surface area contributed by atoms with Gasteiger partial charge in [-0.25, -0.2) is 4.98 Å². The second-order valence-corrected chi connectivity index (χ2v) is 9.79. The second-order valence-electron chi connectivity index (χ2n) is 7.64. The number of aryl methyl sites for hydroxylation is 2. The molecule has 0 saturated carbocycles. The zero-order chi connectivity index (χ0) is 22.1. The largest absolute Gasteiger partial charge is 0.337 e. The Hall–Kier alpha value is -2.63. The molecule has 8 heteroatoms. The summed E-state index contributed by atoms with van der Waals surface area (Å²) in [6.45, 7) is 9.40. The molecule has 1 amide bonds. The van der Waals surface area contributed by atoms with Gasteiger partial charge in [0.25, 0.3) is 5.56 Å². The SMILES string of the molecule is Cc1sc2nc(SCC(=O)N[C@](C)(C#N)C(C)C)n(-c3ccccc3)c(=O)c2c1C. The number of fused-ring (bicyclic) bond motifs is 1. The number of rotatable bonds is 6. The number of amides is 1. The molecule has 1 atom stereocenters. The van der Waals surface area contributed by atoms with Gasteiger partial charge in [0, 0.05) is 4.88 Å². The molecular formula is C22H24N4O2S2. The number of hydrogen-bond acceptors (Lipinski definition) is 6. The fourth-order valence-electron chi connectivity index (χ4n) is 2.93. The minimum Gasteiger partial charge on any atom is -0.337 e. The summed E-state index contributed by atoms with van der Waals surface area (Å²) in [5.41, 5.74) is 0.552. The molecule has 3 rings (SSSR count). The minimum atomic E-state index is -0.948. The molecular weight excluding hydrogens is 416 g/mol. The molecule has 1 N–H and O–H groups in total. The van der Waals surface area contributed by atoms with Crippen molar-refractivity contribution in [2.24, 2.45) is 5.92 Å². The van der Waals surface area contributed by atoms with Crippen LogP contribution in [0.2, 0.25) is 0 Å². The molecule has 3 aromatic rings. The van der Waals surface area contributed by atoms with Crippen LogP contribution in [0.15, 0.2) is 40.3 Å². The summed E-state index contributed by atoms with van der Waals surface area (Å²) in [6, 6.07) is 11.5. The third-order valence-corrected chi connectivity index (χ3v) is 7.34. The summed E-state index contributed by atoms with van der Waals surface area (Å²) in [7, 11) is 0. The lowest BCUT2D eigenvalue weighted by molar-refractivity contribution is -0.120. The fraction of sp³-hybridized carbons (Fsp3) is 0.364. The Morgan fingerprint density at radius 2 is 2.00 bits per heavy atom. The molecule has 0 aliphatic rings. The van der Waals surface area contributed by atoms with Crippen molar-refractivity contribution in [3.63, 3.8) is 0 Å².